The average molecular weight is 289 g/mol. The molecule has 1 heterocycles. The Hall–Kier alpha value is -1.86. The molecule has 21 heavy (non-hydrogen) atoms. The number of aliphatic hydroxyl groups is 1. The molecule has 1 aromatic carbocycles. The van der Waals surface area contributed by atoms with Crippen LogP contribution < -0.4 is 0 Å². The zero-order valence-corrected chi connectivity index (χ0v) is 12.4. The molecule has 2 rings (SSSR count). The minimum Gasteiger partial charge on any atom is -0.384 e. The van der Waals surface area contributed by atoms with E-state index < -0.39 is 5.82 Å². The van der Waals surface area contributed by atoms with Crippen LogP contribution in [0.4, 0.5) is 4.39 Å². The molecular weight excluding hydrogens is 269 g/mol. The maximum absolute atomic E-state index is 13.5. The molecule has 1 N–H and O–H groups in total. The summed E-state index contributed by atoms with van der Waals surface area (Å²) in [6.45, 7) is 5.32. The summed E-state index contributed by atoms with van der Waals surface area (Å²) in [5.41, 5.74) is 0.735. The van der Waals surface area contributed by atoms with E-state index in [9.17, 15) is 9.18 Å². The van der Waals surface area contributed by atoms with Gasteiger partial charge in [0, 0.05) is 18.7 Å². The number of benzene rings is 1. The predicted molar refractivity (Wildman–Crippen MR) is 79.2 cm³/mol. The monoisotopic (exact) mass is 289 g/mol. The number of carbonyl (C=O) groups excluding carboxylic acids is 1. The summed E-state index contributed by atoms with van der Waals surface area (Å²) in [7, 11) is 0. The molecule has 2 atom stereocenters. The summed E-state index contributed by atoms with van der Waals surface area (Å²) in [5, 5.41) is 8.79. The van der Waals surface area contributed by atoms with Crippen molar-refractivity contribution in [2.45, 2.75) is 20.3 Å². The molecule has 0 aromatic heterocycles. The van der Waals surface area contributed by atoms with Crippen molar-refractivity contribution in [3.05, 3.63) is 35.1 Å². The van der Waals surface area contributed by atoms with E-state index in [0.717, 1.165) is 6.42 Å². The van der Waals surface area contributed by atoms with Gasteiger partial charge in [-0.05, 0) is 36.5 Å². The molecular formula is C17H20FNO2. The number of carbonyl (C=O) groups is 1. The summed E-state index contributed by atoms with van der Waals surface area (Å²) in [5.74, 6) is 5.48. The van der Waals surface area contributed by atoms with Gasteiger partial charge in [0.1, 0.15) is 12.4 Å². The number of piperidine rings is 1. The summed E-state index contributed by atoms with van der Waals surface area (Å²) in [4.78, 5) is 14.4. The van der Waals surface area contributed by atoms with Gasteiger partial charge in [-0.3, -0.25) is 4.79 Å². The average Bonchev–Trinajstić information content (AvgIpc) is 2.44. The van der Waals surface area contributed by atoms with Crippen LogP contribution in [0.1, 0.15) is 36.2 Å². The molecule has 3 nitrogen and oxygen atoms in total. The number of hydrogen-bond acceptors (Lipinski definition) is 2. The molecule has 112 valence electrons. The molecule has 1 saturated heterocycles. The molecule has 0 bridgehead atoms. The first-order chi connectivity index (χ1) is 10.0. The van der Waals surface area contributed by atoms with Crippen LogP contribution in [0.25, 0.3) is 0 Å². The van der Waals surface area contributed by atoms with Crippen molar-refractivity contribution in [1.29, 1.82) is 0 Å². The van der Waals surface area contributed by atoms with Gasteiger partial charge in [0.25, 0.3) is 5.91 Å². The van der Waals surface area contributed by atoms with E-state index in [1.165, 1.54) is 18.2 Å². The standard InChI is InChI=1S/C17H20FNO2/c1-12-8-13(2)11-19(10-12)17(21)16-9-15(18)6-5-14(16)4-3-7-20/h5-6,9,12-13,20H,7-8,10-11H2,1-2H3. The first kappa shape index (κ1) is 15.5. The van der Waals surface area contributed by atoms with Crippen molar-refractivity contribution >= 4 is 5.91 Å². The normalized spacial score (nSPS) is 21.6. The van der Waals surface area contributed by atoms with Gasteiger partial charge in [-0.15, -0.1) is 0 Å². The topological polar surface area (TPSA) is 40.5 Å². The van der Waals surface area contributed by atoms with Crippen LogP contribution >= 0.6 is 0 Å². The molecule has 4 heteroatoms. The van der Waals surface area contributed by atoms with Crippen LogP contribution in [0.15, 0.2) is 18.2 Å². The second kappa shape index (κ2) is 6.73. The molecule has 2 unspecified atom stereocenters. The van der Waals surface area contributed by atoms with E-state index in [-0.39, 0.29) is 18.1 Å². The number of rotatable bonds is 1. The van der Waals surface area contributed by atoms with Crippen LogP contribution in [0.2, 0.25) is 0 Å². The number of hydrogen-bond donors (Lipinski definition) is 1. The zero-order valence-electron chi connectivity index (χ0n) is 12.4. The number of amides is 1. The Morgan fingerprint density at radius 1 is 1.38 bits per heavy atom. The zero-order chi connectivity index (χ0) is 15.4. The summed E-state index contributed by atoms with van der Waals surface area (Å²) in [6, 6.07) is 4.00. The molecule has 1 amide bonds. The molecule has 1 aromatic rings. The largest absolute Gasteiger partial charge is 0.384 e. The Kier molecular flexibility index (Phi) is 4.98. The molecule has 0 saturated carbocycles. The Morgan fingerprint density at radius 3 is 2.67 bits per heavy atom. The fourth-order valence-electron chi connectivity index (χ4n) is 2.94. The first-order valence-electron chi connectivity index (χ1n) is 7.19. The molecule has 0 spiro atoms. The highest BCUT2D eigenvalue weighted by Crippen LogP contribution is 2.23. The first-order valence-corrected chi connectivity index (χ1v) is 7.19. The van der Waals surface area contributed by atoms with E-state index in [4.69, 9.17) is 5.11 Å². The third-order valence-electron chi connectivity index (χ3n) is 3.67. The SMILES string of the molecule is CC1CC(C)CN(C(=O)c2cc(F)ccc2C#CCO)C1. The van der Waals surface area contributed by atoms with Gasteiger partial charge in [-0.2, -0.15) is 0 Å². The summed E-state index contributed by atoms with van der Waals surface area (Å²) >= 11 is 0. The van der Waals surface area contributed by atoms with Gasteiger partial charge >= 0.3 is 0 Å². The van der Waals surface area contributed by atoms with E-state index in [2.05, 4.69) is 25.7 Å². The lowest BCUT2D eigenvalue weighted by Gasteiger charge is -2.35. The summed E-state index contributed by atoms with van der Waals surface area (Å²) < 4.78 is 13.5. The van der Waals surface area contributed by atoms with Gasteiger partial charge in [-0.1, -0.05) is 25.7 Å². The number of nitrogens with zero attached hydrogens (tertiary/aromatic N) is 1. The lowest BCUT2D eigenvalue weighted by molar-refractivity contribution is 0.0622. The van der Waals surface area contributed by atoms with Gasteiger partial charge in [-0.25, -0.2) is 4.39 Å². The number of halogens is 1. The van der Waals surface area contributed by atoms with Crippen molar-refractivity contribution in [1.82, 2.24) is 4.90 Å². The molecule has 1 fully saturated rings. The number of likely N-dealkylation sites (tertiary alicyclic amines) is 1. The van der Waals surface area contributed by atoms with Crippen LogP contribution in [0.5, 0.6) is 0 Å². The van der Waals surface area contributed by atoms with Crippen molar-refractivity contribution in [3.63, 3.8) is 0 Å². The second-order valence-electron chi connectivity index (χ2n) is 5.81. The Morgan fingerprint density at radius 2 is 2.05 bits per heavy atom. The lowest BCUT2D eigenvalue weighted by atomic mass is 9.91. The van der Waals surface area contributed by atoms with Crippen molar-refractivity contribution in [2.24, 2.45) is 11.8 Å². The van der Waals surface area contributed by atoms with Crippen LogP contribution in [-0.2, 0) is 0 Å². The summed E-state index contributed by atoms with van der Waals surface area (Å²) in [6.07, 6.45) is 1.10. The van der Waals surface area contributed by atoms with Crippen molar-refractivity contribution in [2.75, 3.05) is 19.7 Å². The maximum Gasteiger partial charge on any atom is 0.255 e. The minimum absolute atomic E-state index is 0.185. The highest BCUT2D eigenvalue weighted by Gasteiger charge is 2.27. The molecule has 1 aliphatic heterocycles. The van der Waals surface area contributed by atoms with Crippen molar-refractivity contribution in [3.8, 4) is 11.8 Å². The Balaban J connectivity index is 2.31. The highest BCUT2D eigenvalue weighted by atomic mass is 19.1. The number of aliphatic hydroxyl groups excluding tert-OH is 1. The fourth-order valence-corrected chi connectivity index (χ4v) is 2.94. The maximum atomic E-state index is 13.5. The molecule has 0 radical (unpaired) electrons. The van der Waals surface area contributed by atoms with Crippen LogP contribution in [-0.4, -0.2) is 35.6 Å². The van der Waals surface area contributed by atoms with Gasteiger partial charge in [0.05, 0.1) is 5.56 Å². The molecule has 0 aliphatic carbocycles. The van der Waals surface area contributed by atoms with Gasteiger partial charge in [0.15, 0.2) is 0 Å². The highest BCUT2D eigenvalue weighted by molar-refractivity contribution is 5.96. The van der Waals surface area contributed by atoms with Crippen LogP contribution in [0, 0.1) is 29.5 Å². The third-order valence-corrected chi connectivity index (χ3v) is 3.67. The predicted octanol–water partition coefficient (Wildman–Crippen LogP) is 2.29. The van der Waals surface area contributed by atoms with E-state index in [1.54, 1.807) is 4.90 Å². The molecule has 1 aliphatic rings. The quantitative estimate of drug-likeness (QED) is 0.806. The van der Waals surface area contributed by atoms with Crippen LogP contribution in [0.3, 0.4) is 0 Å². The fraction of sp³-hybridized carbons (Fsp3) is 0.471. The lowest BCUT2D eigenvalue weighted by Crippen LogP contribution is -2.42. The van der Waals surface area contributed by atoms with Gasteiger partial charge in [0.2, 0.25) is 0 Å². The Labute approximate surface area is 124 Å². The third kappa shape index (κ3) is 3.83. The smallest absolute Gasteiger partial charge is 0.255 e. The van der Waals surface area contributed by atoms with Gasteiger partial charge < -0.3 is 10.0 Å². The van der Waals surface area contributed by atoms with E-state index in [1.807, 2.05) is 0 Å². The van der Waals surface area contributed by atoms with E-state index >= 15 is 0 Å². The minimum atomic E-state index is -0.453. The van der Waals surface area contributed by atoms with Crippen molar-refractivity contribution < 1.29 is 14.3 Å². The van der Waals surface area contributed by atoms with E-state index in [0.29, 0.717) is 30.5 Å². The Bertz CT molecular complexity index is 578. The second-order valence-corrected chi connectivity index (χ2v) is 5.81.